The third kappa shape index (κ3) is 10.5. The number of benzene rings is 1. The number of carbonyl (C=O) groups is 4. The van der Waals surface area contributed by atoms with Crippen molar-refractivity contribution in [3.8, 4) is 0 Å². The van der Waals surface area contributed by atoms with Crippen LogP contribution in [0.3, 0.4) is 0 Å². The fraction of sp³-hybridized carbons (Fsp3) is 0.467. The Morgan fingerprint density at radius 1 is 1.17 bits per heavy atom. The van der Waals surface area contributed by atoms with Crippen LogP contribution in [0.2, 0.25) is 0 Å². The molecule has 0 spiro atoms. The second-order valence-corrected chi connectivity index (χ2v) is 10.0. The normalized spacial score (nSPS) is 17.9. The van der Waals surface area contributed by atoms with E-state index in [-0.39, 0.29) is 37.2 Å². The summed E-state index contributed by atoms with van der Waals surface area (Å²) in [7, 11) is 1.23. The van der Waals surface area contributed by atoms with Crippen LogP contribution in [0.4, 0.5) is 0 Å². The van der Waals surface area contributed by atoms with Crippen LogP contribution in [0.5, 0.6) is 0 Å². The first-order valence-electron chi connectivity index (χ1n) is 14.3. The van der Waals surface area contributed by atoms with E-state index in [4.69, 9.17) is 4.74 Å². The Labute approximate surface area is 246 Å². The van der Waals surface area contributed by atoms with E-state index in [0.717, 1.165) is 24.0 Å². The first-order chi connectivity index (χ1) is 20.4. The molecule has 1 aliphatic heterocycles. The number of rotatable bonds is 15. The average molecular weight is 580 g/mol. The zero-order valence-electron chi connectivity index (χ0n) is 24.3. The average Bonchev–Trinajstić information content (AvgIpc) is 3.51. The number of amides is 3. The Morgan fingerprint density at radius 2 is 1.98 bits per heavy atom. The van der Waals surface area contributed by atoms with Gasteiger partial charge in [0, 0.05) is 19.2 Å². The molecule has 0 radical (unpaired) electrons. The second-order valence-electron chi connectivity index (χ2n) is 10.0. The summed E-state index contributed by atoms with van der Waals surface area (Å²) in [5.41, 5.74) is 7.52. The third-order valence-corrected chi connectivity index (χ3v) is 7.02. The molecule has 12 nitrogen and oxygen atoms in total. The maximum Gasteiger partial charge on any atom is 0.308 e. The minimum atomic E-state index is -1.11. The van der Waals surface area contributed by atoms with Crippen LogP contribution in [-0.4, -0.2) is 73.4 Å². The van der Waals surface area contributed by atoms with Gasteiger partial charge < -0.3 is 20.3 Å². The fourth-order valence-corrected chi connectivity index (χ4v) is 4.72. The molecule has 3 atom stereocenters. The van der Waals surface area contributed by atoms with Crippen LogP contribution in [0, 0.1) is 0 Å². The highest BCUT2D eigenvalue weighted by atomic mass is 16.5. The number of likely N-dealkylation sites (tertiary alicyclic amines) is 1. The lowest BCUT2D eigenvalue weighted by atomic mass is 10.0. The Balaban J connectivity index is 1.45. The molecule has 3 rings (SSSR count). The highest BCUT2D eigenvalue weighted by Gasteiger charge is 2.38. The van der Waals surface area contributed by atoms with Crippen LogP contribution in [0.15, 0.2) is 64.2 Å². The Kier molecular flexibility index (Phi) is 13.2. The van der Waals surface area contributed by atoms with E-state index < -0.39 is 24.0 Å². The summed E-state index contributed by atoms with van der Waals surface area (Å²) < 4.78 is 4.74. The van der Waals surface area contributed by atoms with Crippen molar-refractivity contribution >= 4 is 36.2 Å². The number of hydrazone groups is 1. The Morgan fingerprint density at radius 3 is 2.71 bits per heavy atom. The summed E-state index contributed by atoms with van der Waals surface area (Å²) in [4.78, 5) is 56.8. The second kappa shape index (κ2) is 17.4. The van der Waals surface area contributed by atoms with Crippen molar-refractivity contribution in [2.45, 2.75) is 70.0 Å². The van der Waals surface area contributed by atoms with Gasteiger partial charge in [0.05, 0.1) is 26.1 Å². The number of carbonyl (C=O) groups excluding carboxylic acids is 4. The molecule has 1 aromatic carbocycles. The summed E-state index contributed by atoms with van der Waals surface area (Å²) >= 11 is 0. The van der Waals surface area contributed by atoms with Gasteiger partial charge in [-0.1, -0.05) is 54.1 Å². The molecule has 1 heterocycles. The van der Waals surface area contributed by atoms with Crippen LogP contribution >= 0.6 is 0 Å². The smallest absolute Gasteiger partial charge is 0.308 e. The molecule has 3 unspecified atom stereocenters. The highest BCUT2D eigenvalue weighted by Crippen LogP contribution is 2.20. The topological polar surface area (TPSA) is 154 Å². The minimum Gasteiger partial charge on any atom is -0.469 e. The van der Waals surface area contributed by atoms with Gasteiger partial charge in [-0.05, 0) is 44.6 Å². The predicted octanol–water partition coefficient (Wildman–Crippen LogP) is 2.07. The summed E-state index contributed by atoms with van der Waals surface area (Å²) in [5, 5.41) is 9.41. The Hall–Kier alpha value is -4.48. The molecule has 1 fully saturated rings. The lowest BCUT2D eigenvalue weighted by Gasteiger charge is -2.28. The first kappa shape index (κ1) is 32.0. The number of aliphatic imine (C=N–C) groups is 1. The van der Waals surface area contributed by atoms with Crippen molar-refractivity contribution in [2.75, 3.05) is 20.2 Å². The molecule has 0 saturated carbocycles. The molecule has 3 amide bonds. The number of nitrogens with zero attached hydrogens (tertiary/aromatic N) is 3. The summed E-state index contributed by atoms with van der Waals surface area (Å²) in [6, 6.07) is 8.03. The lowest BCUT2D eigenvalue weighted by Crippen LogP contribution is -2.54. The quantitative estimate of drug-likeness (QED) is 0.0816. The molecule has 1 saturated heterocycles. The molecule has 4 N–H and O–H groups in total. The first-order valence-corrected chi connectivity index (χ1v) is 14.3. The SMILES string of the molecule is COC(=O)CC(NC(=O)CCC1=CCCC=C1)C(=O)N1CCCC1C(=O)NC/C=N/NNC=NC(C)c1ccccc1. The van der Waals surface area contributed by atoms with Gasteiger partial charge in [0.25, 0.3) is 0 Å². The number of methoxy groups -OCH3 is 1. The zero-order chi connectivity index (χ0) is 30.2. The van der Waals surface area contributed by atoms with E-state index in [0.29, 0.717) is 25.8 Å². The van der Waals surface area contributed by atoms with E-state index in [1.54, 1.807) is 0 Å². The molecule has 226 valence electrons. The summed E-state index contributed by atoms with van der Waals surface area (Å²) in [6.45, 7) is 2.46. The summed E-state index contributed by atoms with van der Waals surface area (Å²) in [5.74, 6) is -1.78. The molecule has 2 aliphatic rings. The number of hydrogen-bond acceptors (Lipinski definition) is 8. The van der Waals surface area contributed by atoms with E-state index in [9.17, 15) is 19.2 Å². The predicted molar refractivity (Wildman–Crippen MR) is 160 cm³/mol. The third-order valence-electron chi connectivity index (χ3n) is 7.02. The largest absolute Gasteiger partial charge is 0.469 e. The standard InChI is InChI=1S/C30H41N7O5/c1-22(24-12-7-4-8-13-24)32-21-34-36-33-18-17-31-29(40)26-14-9-19-37(26)30(41)25(20-28(39)42-2)35-27(38)16-15-23-10-5-3-6-11-23/h4-5,7-8,10-13,18,21-22,25-26,36H,3,6,9,14-17,19-20H2,1-2H3,(H,31,40)(H,32,34)(H,35,38)/b33-18+. The maximum atomic E-state index is 13.4. The lowest BCUT2D eigenvalue weighted by molar-refractivity contribution is -0.147. The Bertz CT molecular complexity index is 1180. The molecule has 1 aliphatic carbocycles. The van der Waals surface area contributed by atoms with Gasteiger partial charge in [-0.2, -0.15) is 5.10 Å². The molecule has 42 heavy (non-hydrogen) atoms. The molecule has 1 aromatic rings. The molecular formula is C30H41N7O5. The molecular weight excluding hydrogens is 538 g/mol. The van der Waals surface area contributed by atoms with E-state index >= 15 is 0 Å². The van der Waals surface area contributed by atoms with Crippen LogP contribution in [-0.2, 0) is 23.9 Å². The van der Waals surface area contributed by atoms with Gasteiger partial charge in [0.1, 0.15) is 18.4 Å². The van der Waals surface area contributed by atoms with Gasteiger partial charge in [0.15, 0.2) is 0 Å². The van der Waals surface area contributed by atoms with Gasteiger partial charge in [-0.3, -0.25) is 29.6 Å². The summed E-state index contributed by atoms with van der Waals surface area (Å²) in [6.07, 6.45) is 12.6. The molecule has 0 bridgehead atoms. The van der Waals surface area contributed by atoms with Gasteiger partial charge in [-0.15, -0.1) is 0 Å². The zero-order valence-corrected chi connectivity index (χ0v) is 24.3. The van der Waals surface area contributed by atoms with E-state index in [1.165, 1.54) is 24.6 Å². The number of esters is 1. The maximum absolute atomic E-state index is 13.4. The fourth-order valence-electron chi connectivity index (χ4n) is 4.72. The number of hydrazine groups is 1. The number of hydrogen-bond donors (Lipinski definition) is 4. The van der Waals surface area contributed by atoms with E-state index in [2.05, 4.69) is 43.8 Å². The van der Waals surface area contributed by atoms with Crippen LogP contribution in [0.1, 0.15) is 63.5 Å². The van der Waals surface area contributed by atoms with Gasteiger partial charge >= 0.3 is 5.97 Å². The molecule has 0 aromatic heterocycles. The van der Waals surface area contributed by atoms with Crippen molar-refractivity contribution in [3.63, 3.8) is 0 Å². The molecule has 12 heteroatoms. The van der Waals surface area contributed by atoms with Crippen molar-refractivity contribution in [1.82, 2.24) is 26.5 Å². The van der Waals surface area contributed by atoms with E-state index in [1.807, 2.05) is 43.3 Å². The van der Waals surface area contributed by atoms with Crippen molar-refractivity contribution in [3.05, 3.63) is 59.7 Å². The monoisotopic (exact) mass is 579 g/mol. The number of ether oxygens (including phenoxy) is 1. The van der Waals surface area contributed by atoms with Crippen LogP contribution < -0.4 is 21.6 Å². The minimum absolute atomic E-state index is 0.0157. The van der Waals surface area contributed by atoms with Crippen molar-refractivity contribution in [2.24, 2.45) is 10.1 Å². The van der Waals surface area contributed by atoms with Crippen LogP contribution in [0.25, 0.3) is 0 Å². The van der Waals surface area contributed by atoms with Crippen molar-refractivity contribution in [1.29, 1.82) is 0 Å². The van der Waals surface area contributed by atoms with Gasteiger partial charge in [0.2, 0.25) is 17.7 Å². The highest BCUT2D eigenvalue weighted by molar-refractivity contribution is 5.95. The van der Waals surface area contributed by atoms with Crippen molar-refractivity contribution < 1.29 is 23.9 Å². The number of allylic oxidation sites excluding steroid dienone is 4. The number of nitrogens with one attached hydrogen (secondary N) is 4. The van der Waals surface area contributed by atoms with Gasteiger partial charge in [-0.25, -0.2) is 5.53 Å².